The lowest BCUT2D eigenvalue weighted by Gasteiger charge is -2.19. The van der Waals surface area contributed by atoms with Gasteiger partial charge < -0.3 is 15.9 Å². The highest BCUT2D eigenvalue weighted by atomic mass is 32.2. The van der Waals surface area contributed by atoms with Crippen LogP contribution in [0.4, 0.5) is 5.69 Å². The molecule has 3 rings (SSSR count). The molecule has 190 valence electrons. The molecule has 0 amide bonds. The number of ether oxygens (including phenoxy) is 1. The summed E-state index contributed by atoms with van der Waals surface area (Å²) in [5, 5.41) is 8.04. The first kappa shape index (κ1) is 27.1. The van der Waals surface area contributed by atoms with Crippen molar-refractivity contribution in [2.75, 3.05) is 4.31 Å². The lowest BCUT2D eigenvalue weighted by Crippen LogP contribution is -2.21. The minimum atomic E-state index is -2.87. The minimum Gasteiger partial charge on any atom is -0.426 e. The Balaban J connectivity index is 1.58. The number of nitrogens with zero attached hydrogens (tertiary/aromatic N) is 1. The van der Waals surface area contributed by atoms with Gasteiger partial charge in [0.2, 0.25) is 10.9 Å². The highest BCUT2D eigenvalue weighted by Crippen LogP contribution is 2.27. The Hall–Kier alpha value is -3.49. The first-order valence-electron chi connectivity index (χ1n) is 12.1. The molecule has 0 radical (unpaired) electrons. The van der Waals surface area contributed by atoms with Crippen molar-refractivity contribution in [3.8, 4) is 5.75 Å². The Kier molecular flexibility index (Phi) is 10.2. The van der Waals surface area contributed by atoms with Gasteiger partial charge in [-0.15, -0.1) is 0 Å². The van der Waals surface area contributed by atoms with E-state index in [9.17, 15) is 13.2 Å². The number of esters is 1. The van der Waals surface area contributed by atoms with Crippen LogP contribution in [0.15, 0.2) is 72.8 Å². The number of anilines is 1. The smallest absolute Gasteiger partial charge is 0.311 e. The molecule has 0 aliphatic rings. The molecule has 36 heavy (non-hydrogen) atoms. The zero-order valence-electron chi connectivity index (χ0n) is 20.5. The molecule has 0 bridgehead atoms. The number of carbonyl (C=O) groups is 1. The average Bonchev–Trinajstić information content (AvgIpc) is 2.88. The van der Waals surface area contributed by atoms with Gasteiger partial charge in [-0.2, -0.15) is 0 Å². The number of hydrogen-bond acceptors (Lipinski definition) is 6. The topological polar surface area (TPSA) is 114 Å². The van der Waals surface area contributed by atoms with Crippen molar-refractivity contribution in [3.05, 3.63) is 95.1 Å². The van der Waals surface area contributed by atoms with Crippen molar-refractivity contribution in [2.45, 2.75) is 52.1 Å². The molecule has 3 aromatic rings. The number of nitrogens with one attached hydrogen (secondary N) is 1. The molecule has 7 nitrogen and oxygen atoms in total. The molecule has 0 aliphatic heterocycles. The van der Waals surface area contributed by atoms with E-state index in [1.165, 1.54) is 4.31 Å². The lowest BCUT2D eigenvalue weighted by atomic mass is 10.0. The first-order valence-corrected chi connectivity index (χ1v) is 13.2. The van der Waals surface area contributed by atoms with Crippen molar-refractivity contribution in [3.63, 3.8) is 0 Å². The number of hydrogen-bond donors (Lipinski definition) is 3. The van der Waals surface area contributed by atoms with E-state index in [1.807, 2.05) is 54.6 Å². The van der Waals surface area contributed by atoms with Gasteiger partial charge in [-0.05, 0) is 54.2 Å². The molecule has 0 spiro atoms. The highest BCUT2D eigenvalue weighted by molar-refractivity contribution is 7.74. The molecular formula is C28H33N3O4S. The number of carbonyl (C=O) groups excluding carboxylic acids is 1. The van der Waals surface area contributed by atoms with Gasteiger partial charge >= 0.3 is 5.97 Å². The maximum absolute atomic E-state index is 12.5. The largest absolute Gasteiger partial charge is 0.426 e. The molecule has 3 N–H and O–H groups in total. The standard InChI is InChI=1S/C28H33N3O4S/c1-2-7-26(30)23-14-12-21(13-15-23)10-6-11-28(32)35-27-17-16-25(18-24(27)19-29)31(36(33)34)20-22-8-4-3-5-9-22/h3-5,8-9,12-18,30,36H,2,6-7,10-11,19-20,29H2,1H3. The maximum atomic E-state index is 12.5. The lowest BCUT2D eigenvalue weighted by molar-refractivity contribution is -0.134. The Morgan fingerprint density at radius 3 is 2.33 bits per heavy atom. The van der Waals surface area contributed by atoms with Crippen LogP contribution in [0, 0.1) is 5.41 Å². The maximum Gasteiger partial charge on any atom is 0.311 e. The Bertz CT molecular complexity index is 1230. The fourth-order valence-electron chi connectivity index (χ4n) is 3.86. The second-order valence-electron chi connectivity index (χ2n) is 8.53. The van der Waals surface area contributed by atoms with E-state index in [2.05, 4.69) is 6.92 Å². The number of nitrogens with two attached hydrogens (primary N) is 1. The molecule has 0 heterocycles. The van der Waals surface area contributed by atoms with E-state index in [0.29, 0.717) is 29.1 Å². The molecule has 8 heteroatoms. The van der Waals surface area contributed by atoms with Gasteiger partial charge in [0, 0.05) is 24.2 Å². The minimum absolute atomic E-state index is 0.102. The fraction of sp³-hybridized carbons (Fsp3) is 0.286. The van der Waals surface area contributed by atoms with Crippen LogP contribution in [0.1, 0.15) is 54.9 Å². The summed E-state index contributed by atoms with van der Waals surface area (Å²) in [6, 6.07) is 22.1. The average molecular weight is 508 g/mol. The van der Waals surface area contributed by atoms with Crippen molar-refractivity contribution < 1.29 is 17.9 Å². The van der Waals surface area contributed by atoms with Crippen LogP contribution >= 0.6 is 0 Å². The second kappa shape index (κ2) is 13.6. The molecule has 0 aliphatic carbocycles. The Morgan fingerprint density at radius 2 is 1.69 bits per heavy atom. The summed E-state index contributed by atoms with van der Waals surface area (Å²) in [5.74, 6) is -0.0272. The van der Waals surface area contributed by atoms with Gasteiger partial charge in [-0.1, -0.05) is 67.9 Å². The van der Waals surface area contributed by atoms with Crippen LogP contribution in [0.25, 0.3) is 0 Å². The Labute approximate surface area is 214 Å². The zero-order chi connectivity index (χ0) is 25.9. The summed E-state index contributed by atoms with van der Waals surface area (Å²) in [4.78, 5) is 12.5. The molecule has 0 fully saturated rings. The van der Waals surface area contributed by atoms with Crippen LogP contribution in [0.3, 0.4) is 0 Å². The van der Waals surface area contributed by atoms with Crippen molar-refractivity contribution in [1.29, 1.82) is 5.41 Å². The van der Waals surface area contributed by atoms with Gasteiger partial charge in [-0.25, -0.2) is 8.42 Å². The SMILES string of the molecule is CCCC(=N)c1ccc(CCCC(=O)Oc2ccc(N(Cc3ccccc3)[SH](=O)=O)cc2CN)cc1. The third-order valence-electron chi connectivity index (χ3n) is 5.81. The van der Waals surface area contributed by atoms with E-state index in [0.717, 1.165) is 36.0 Å². The van der Waals surface area contributed by atoms with Crippen molar-refractivity contribution in [2.24, 2.45) is 5.73 Å². The third-order valence-corrected chi connectivity index (χ3v) is 6.57. The van der Waals surface area contributed by atoms with Crippen molar-refractivity contribution in [1.82, 2.24) is 0 Å². The summed E-state index contributed by atoms with van der Waals surface area (Å²) in [6.45, 7) is 2.36. The van der Waals surface area contributed by atoms with Crippen LogP contribution in [-0.2, 0) is 35.2 Å². The Morgan fingerprint density at radius 1 is 0.972 bits per heavy atom. The monoisotopic (exact) mass is 507 g/mol. The molecule has 0 unspecified atom stereocenters. The van der Waals surface area contributed by atoms with E-state index in [4.69, 9.17) is 15.9 Å². The number of benzene rings is 3. The summed E-state index contributed by atoms with van der Waals surface area (Å²) >= 11 is 0. The molecule has 0 saturated carbocycles. The quantitative estimate of drug-likeness (QED) is 0.133. The predicted molar refractivity (Wildman–Crippen MR) is 144 cm³/mol. The van der Waals surface area contributed by atoms with Crippen LogP contribution in [0.5, 0.6) is 5.75 Å². The van der Waals surface area contributed by atoms with E-state index in [-0.39, 0.29) is 25.5 Å². The molecule has 3 aromatic carbocycles. The summed E-state index contributed by atoms with van der Waals surface area (Å²) in [6.07, 6.45) is 3.30. The molecule has 0 atom stereocenters. The van der Waals surface area contributed by atoms with Gasteiger partial charge in [0.25, 0.3) is 0 Å². The van der Waals surface area contributed by atoms with Gasteiger partial charge in [0.1, 0.15) is 5.75 Å². The van der Waals surface area contributed by atoms with Crippen molar-refractivity contribution >= 4 is 28.3 Å². The van der Waals surface area contributed by atoms with Crippen LogP contribution in [0.2, 0.25) is 0 Å². The molecule has 0 saturated heterocycles. The summed E-state index contributed by atoms with van der Waals surface area (Å²) in [7, 11) is -2.87. The van der Waals surface area contributed by atoms with E-state index < -0.39 is 10.9 Å². The third kappa shape index (κ3) is 7.76. The predicted octanol–water partition coefficient (Wildman–Crippen LogP) is 4.77. The van der Waals surface area contributed by atoms with E-state index >= 15 is 0 Å². The van der Waals surface area contributed by atoms with Gasteiger partial charge in [0.15, 0.2) is 0 Å². The van der Waals surface area contributed by atoms with Gasteiger partial charge in [-0.3, -0.25) is 9.10 Å². The number of thiol groups is 1. The summed E-state index contributed by atoms with van der Waals surface area (Å²) < 4.78 is 30.7. The summed E-state index contributed by atoms with van der Waals surface area (Å²) in [5.41, 5.74) is 10.4. The highest BCUT2D eigenvalue weighted by Gasteiger charge is 2.15. The number of aryl methyl sites for hydroxylation is 1. The van der Waals surface area contributed by atoms with Gasteiger partial charge in [0.05, 0.1) is 12.2 Å². The van der Waals surface area contributed by atoms with Crippen LogP contribution < -0.4 is 14.8 Å². The molecular weight excluding hydrogens is 474 g/mol. The first-order chi connectivity index (χ1) is 17.4. The van der Waals surface area contributed by atoms with E-state index in [1.54, 1.807) is 18.2 Å². The number of rotatable bonds is 13. The molecule has 0 aromatic heterocycles. The van der Waals surface area contributed by atoms with Crippen LogP contribution in [-0.4, -0.2) is 20.1 Å². The zero-order valence-corrected chi connectivity index (χ0v) is 21.4. The second-order valence-corrected chi connectivity index (χ2v) is 9.49. The normalized spacial score (nSPS) is 10.9. The fourth-order valence-corrected chi connectivity index (χ4v) is 4.45.